The van der Waals surface area contributed by atoms with E-state index in [4.69, 9.17) is 0 Å². The van der Waals surface area contributed by atoms with Crippen LogP contribution < -0.4 is 5.32 Å². The molecule has 76 valence electrons. The number of nitrogens with one attached hydrogen (secondary N) is 1. The van der Waals surface area contributed by atoms with Crippen LogP contribution in [0.15, 0.2) is 24.3 Å². The van der Waals surface area contributed by atoms with E-state index in [1.807, 2.05) is 24.3 Å². The van der Waals surface area contributed by atoms with Crippen molar-refractivity contribution in [1.82, 2.24) is 0 Å². The third-order valence-corrected chi connectivity index (χ3v) is 2.38. The standard InChI is InChI=1S/C10H12INO2/c1-14-10(13)5-6-12-9-4-2-3-8(11)7-9/h2-4,7,12H,5-6H2,1H3. The van der Waals surface area contributed by atoms with Gasteiger partial charge in [0, 0.05) is 15.8 Å². The van der Waals surface area contributed by atoms with Crippen molar-refractivity contribution in [3.8, 4) is 0 Å². The van der Waals surface area contributed by atoms with E-state index >= 15 is 0 Å². The second-order valence-corrected chi connectivity index (χ2v) is 4.01. The Labute approximate surface area is 97.0 Å². The first-order valence-corrected chi connectivity index (χ1v) is 5.36. The van der Waals surface area contributed by atoms with Gasteiger partial charge in [0.05, 0.1) is 13.5 Å². The van der Waals surface area contributed by atoms with Crippen LogP contribution >= 0.6 is 22.6 Å². The number of methoxy groups -OCH3 is 1. The normalized spacial score (nSPS) is 9.57. The third-order valence-electron chi connectivity index (χ3n) is 1.71. The van der Waals surface area contributed by atoms with Crippen LogP contribution in [0.2, 0.25) is 0 Å². The van der Waals surface area contributed by atoms with Crippen LogP contribution in [0.4, 0.5) is 5.69 Å². The molecule has 0 fully saturated rings. The molecule has 0 atom stereocenters. The van der Waals surface area contributed by atoms with E-state index in [1.165, 1.54) is 10.7 Å². The highest BCUT2D eigenvalue weighted by Crippen LogP contribution is 2.11. The van der Waals surface area contributed by atoms with Gasteiger partial charge in [0.1, 0.15) is 0 Å². The van der Waals surface area contributed by atoms with E-state index in [0.717, 1.165) is 5.69 Å². The first kappa shape index (κ1) is 11.3. The lowest BCUT2D eigenvalue weighted by Gasteiger charge is -2.05. The first-order valence-electron chi connectivity index (χ1n) is 4.28. The summed E-state index contributed by atoms with van der Waals surface area (Å²) in [6.07, 6.45) is 0.391. The van der Waals surface area contributed by atoms with E-state index in [2.05, 4.69) is 32.6 Å². The fraction of sp³-hybridized carbons (Fsp3) is 0.300. The van der Waals surface area contributed by atoms with Crippen molar-refractivity contribution in [2.75, 3.05) is 19.0 Å². The topological polar surface area (TPSA) is 38.3 Å². The molecule has 0 amide bonds. The van der Waals surface area contributed by atoms with E-state index < -0.39 is 0 Å². The lowest BCUT2D eigenvalue weighted by atomic mass is 10.3. The van der Waals surface area contributed by atoms with E-state index in [0.29, 0.717) is 13.0 Å². The predicted molar refractivity (Wildman–Crippen MR) is 64.3 cm³/mol. The third kappa shape index (κ3) is 3.95. The minimum absolute atomic E-state index is 0.192. The lowest BCUT2D eigenvalue weighted by molar-refractivity contribution is -0.140. The number of hydrogen-bond acceptors (Lipinski definition) is 3. The highest BCUT2D eigenvalue weighted by molar-refractivity contribution is 14.1. The second-order valence-electron chi connectivity index (χ2n) is 2.76. The van der Waals surface area contributed by atoms with Gasteiger partial charge in [0.15, 0.2) is 0 Å². The van der Waals surface area contributed by atoms with E-state index in [1.54, 1.807) is 0 Å². The van der Waals surface area contributed by atoms with Gasteiger partial charge in [-0.15, -0.1) is 0 Å². The molecule has 1 N–H and O–H groups in total. The molecule has 1 aromatic carbocycles. The van der Waals surface area contributed by atoms with Crippen molar-refractivity contribution in [1.29, 1.82) is 0 Å². The molecule has 14 heavy (non-hydrogen) atoms. The van der Waals surface area contributed by atoms with Gasteiger partial charge in [-0.3, -0.25) is 4.79 Å². The Morgan fingerprint density at radius 2 is 2.36 bits per heavy atom. The summed E-state index contributed by atoms with van der Waals surface area (Å²) in [5, 5.41) is 3.15. The zero-order chi connectivity index (χ0) is 10.4. The Kier molecular flexibility index (Phi) is 4.72. The molecule has 0 aliphatic rings. The van der Waals surface area contributed by atoms with Crippen molar-refractivity contribution in [2.24, 2.45) is 0 Å². The number of halogens is 1. The van der Waals surface area contributed by atoms with Crippen molar-refractivity contribution >= 4 is 34.2 Å². The summed E-state index contributed by atoms with van der Waals surface area (Å²) >= 11 is 2.25. The number of carbonyl (C=O) groups is 1. The lowest BCUT2D eigenvalue weighted by Crippen LogP contribution is -2.09. The number of hydrogen-bond donors (Lipinski definition) is 1. The summed E-state index contributed by atoms with van der Waals surface area (Å²) in [5.74, 6) is -0.192. The maximum absolute atomic E-state index is 10.8. The van der Waals surface area contributed by atoms with Crippen LogP contribution in [-0.4, -0.2) is 19.6 Å². The van der Waals surface area contributed by atoms with Crippen LogP contribution in [0.1, 0.15) is 6.42 Å². The van der Waals surface area contributed by atoms with Gasteiger partial charge in [-0.25, -0.2) is 0 Å². The molecule has 0 bridgehead atoms. The quantitative estimate of drug-likeness (QED) is 0.685. The van der Waals surface area contributed by atoms with Gasteiger partial charge < -0.3 is 10.1 Å². The molecule has 0 heterocycles. The summed E-state index contributed by atoms with van der Waals surface area (Å²) in [7, 11) is 1.40. The molecule has 0 aliphatic carbocycles. The molecular weight excluding hydrogens is 293 g/mol. The van der Waals surface area contributed by atoms with Crippen molar-refractivity contribution in [2.45, 2.75) is 6.42 Å². The molecule has 0 aliphatic heterocycles. The second kappa shape index (κ2) is 5.85. The monoisotopic (exact) mass is 305 g/mol. The van der Waals surface area contributed by atoms with Crippen LogP contribution in [0.25, 0.3) is 0 Å². The zero-order valence-corrected chi connectivity index (χ0v) is 10.1. The average molecular weight is 305 g/mol. The van der Waals surface area contributed by atoms with Gasteiger partial charge in [0.25, 0.3) is 0 Å². The van der Waals surface area contributed by atoms with Gasteiger partial charge in [-0.1, -0.05) is 6.07 Å². The molecule has 0 aromatic heterocycles. The minimum atomic E-state index is -0.192. The van der Waals surface area contributed by atoms with Gasteiger partial charge in [-0.05, 0) is 40.8 Å². The molecule has 0 unspecified atom stereocenters. The minimum Gasteiger partial charge on any atom is -0.469 e. The molecule has 0 saturated heterocycles. The Morgan fingerprint density at radius 3 is 3.00 bits per heavy atom. The summed E-state index contributed by atoms with van der Waals surface area (Å²) in [4.78, 5) is 10.8. The summed E-state index contributed by atoms with van der Waals surface area (Å²) < 4.78 is 5.70. The maximum atomic E-state index is 10.8. The fourth-order valence-electron chi connectivity index (χ4n) is 1.01. The molecule has 0 spiro atoms. The predicted octanol–water partition coefficient (Wildman–Crippen LogP) is 2.27. The van der Waals surface area contributed by atoms with Crippen molar-refractivity contribution in [3.63, 3.8) is 0 Å². The molecule has 1 aromatic rings. The van der Waals surface area contributed by atoms with Crippen LogP contribution in [-0.2, 0) is 9.53 Å². The highest BCUT2D eigenvalue weighted by Gasteiger charge is 1.99. The highest BCUT2D eigenvalue weighted by atomic mass is 127. The molecule has 4 heteroatoms. The number of rotatable bonds is 4. The Balaban J connectivity index is 2.35. The number of anilines is 1. The first-order chi connectivity index (χ1) is 6.72. The number of carbonyl (C=O) groups excluding carboxylic acids is 1. The Hall–Kier alpha value is -0.780. The Morgan fingerprint density at radius 1 is 1.57 bits per heavy atom. The van der Waals surface area contributed by atoms with Crippen LogP contribution in [0, 0.1) is 3.57 Å². The van der Waals surface area contributed by atoms with Gasteiger partial charge in [0.2, 0.25) is 0 Å². The number of ether oxygens (including phenoxy) is 1. The van der Waals surface area contributed by atoms with Gasteiger partial charge in [-0.2, -0.15) is 0 Å². The maximum Gasteiger partial charge on any atom is 0.307 e. The summed E-state index contributed by atoms with van der Waals surface area (Å²) in [6, 6.07) is 7.99. The molecule has 0 radical (unpaired) electrons. The number of benzene rings is 1. The summed E-state index contributed by atoms with van der Waals surface area (Å²) in [6.45, 7) is 0.604. The molecular formula is C10H12INO2. The van der Waals surface area contributed by atoms with Gasteiger partial charge >= 0.3 is 5.97 Å². The molecule has 0 saturated carbocycles. The van der Waals surface area contributed by atoms with Crippen molar-refractivity contribution < 1.29 is 9.53 Å². The van der Waals surface area contributed by atoms with E-state index in [9.17, 15) is 4.79 Å². The largest absolute Gasteiger partial charge is 0.469 e. The molecule has 3 nitrogen and oxygen atoms in total. The van der Waals surface area contributed by atoms with Crippen LogP contribution in [0.5, 0.6) is 0 Å². The smallest absolute Gasteiger partial charge is 0.307 e. The number of esters is 1. The van der Waals surface area contributed by atoms with Crippen molar-refractivity contribution in [3.05, 3.63) is 27.8 Å². The fourth-order valence-corrected chi connectivity index (χ4v) is 1.55. The SMILES string of the molecule is COC(=O)CCNc1cccc(I)c1. The average Bonchev–Trinajstić information content (AvgIpc) is 2.17. The van der Waals surface area contributed by atoms with Crippen LogP contribution in [0.3, 0.4) is 0 Å². The van der Waals surface area contributed by atoms with E-state index in [-0.39, 0.29) is 5.97 Å². The Bertz CT molecular complexity index is 315. The zero-order valence-electron chi connectivity index (χ0n) is 7.92. The molecule has 1 rings (SSSR count). The summed E-state index contributed by atoms with van der Waals surface area (Å²) in [5.41, 5.74) is 1.03.